The fourth-order valence-electron chi connectivity index (χ4n) is 2.36. The molecule has 1 amide bonds. The van der Waals surface area contributed by atoms with E-state index in [0.717, 1.165) is 4.68 Å². The van der Waals surface area contributed by atoms with Crippen LogP contribution in [0.5, 0.6) is 0 Å². The Bertz CT molecular complexity index is 980. The molecule has 3 rings (SSSR count). The Kier molecular flexibility index (Phi) is 4.90. The van der Waals surface area contributed by atoms with E-state index in [1.807, 2.05) is 0 Å². The molecule has 0 spiro atoms. The molecule has 9 nitrogen and oxygen atoms in total. The van der Waals surface area contributed by atoms with Crippen LogP contribution >= 0.6 is 0 Å². The van der Waals surface area contributed by atoms with E-state index in [2.05, 4.69) is 20.5 Å². The molecule has 1 atom stereocenters. The van der Waals surface area contributed by atoms with E-state index < -0.39 is 17.5 Å². The van der Waals surface area contributed by atoms with E-state index in [1.165, 1.54) is 16.9 Å². The van der Waals surface area contributed by atoms with E-state index in [-0.39, 0.29) is 12.2 Å². The Morgan fingerprint density at radius 1 is 1.35 bits per heavy atom. The molecule has 0 fully saturated rings. The highest BCUT2D eigenvalue weighted by molar-refractivity contribution is 5.95. The zero-order chi connectivity index (χ0) is 18.7. The molecule has 3 aromatic rings. The Balaban J connectivity index is 2.17. The van der Waals surface area contributed by atoms with Gasteiger partial charge in [0.1, 0.15) is 11.3 Å². The SMILES string of the molecule is C[C@@H](CO)NC(=O)c1cc(-c2ccncc2)nn(-c2cnn(C)c2)c1=O. The smallest absolute Gasteiger partial charge is 0.284 e. The Morgan fingerprint density at radius 2 is 2.08 bits per heavy atom. The summed E-state index contributed by atoms with van der Waals surface area (Å²) in [6.07, 6.45) is 6.32. The monoisotopic (exact) mass is 354 g/mol. The minimum absolute atomic E-state index is 0.0732. The van der Waals surface area contributed by atoms with Crippen LogP contribution in [-0.4, -0.2) is 48.2 Å². The predicted octanol–water partition coefficient (Wildman–Crippen LogP) is 0.139. The first-order valence-electron chi connectivity index (χ1n) is 7.95. The van der Waals surface area contributed by atoms with Crippen molar-refractivity contribution >= 4 is 5.91 Å². The fourth-order valence-corrected chi connectivity index (χ4v) is 2.36. The molecule has 0 radical (unpaired) electrons. The summed E-state index contributed by atoms with van der Waals surface area (Å²) in [5, 5.41) is 20.1. The second-order valence-electron chi connectivity index (χ2n) is 5.83. The number of carbonyl (C=O) groups is 1. The molecule has 3 heterocycles. The van der Waals surface area contributed by atoms with Crippen molar-refractivity contribution < 1.29 is 9.90 Å². The lowest BCUT2D eigenvalue weighted by Gasteiger charge is -2.12. The number of nitrogens with zero attached hydrogens (tertiary/aromatic N) is 5. The molecule has 3 aromatic heterocycles. The number of nitrogens with one attached hydrogen (secondary N) is 1. The number of hydrogen-bond acceptors (Lipinski definition) is 6. The quantitative estimate of drug-likeness (QED) is 0.673. The van der Waals surface area contributed by atoms with Gasteiger partial charge in [-0.15, -0.1) is 0 Å². The molecule has 0 saturated carbocycles. The van der Waals surface area contributed by atoms with Crippen LogP contribution in [-0.2, 0) is 7.05 Å². The van der Waals surface area contributed by atoms with Gasteiger partial charge in [-0.1, -0.05) is 0 Å². The number of rotatable bonds is 5. The predicted molar refractivity (Wildman–Crippen MR) is 93.8 cm³/mol. The van der Waals surface area contributed by atoms with Crippen molar-refractivity contribution in [2.75, 3.05) is 6.61 Å². The first-order valence-corrected chi connectivity index (χ1v) is 7.95. The second-order valence-corrected chi connectivity index (χ2v) is 5.83. The normalized spacial score (nSPS) is 12.0. The summed E-state index contributed by atoms with van der Waals surface area (Å²) >= 11 is 0. The van der Waals surface area contributed by atoms with Gasteiger partial charge in [-0.2, -0.15) is 14.9 Å². The van der Waals surface area contributed by atoms with Crippen LogP contribution in [0.15, 0.2) is 47.8 Å². The van der Waals surface area contributed by atoms with E-state index in [9.17, 15) is 9.59 Å². The number of pyridine rings is 1. The van der Waals surface area contributed by atoms with Gasteiger partial charge in [-0.05, 0) is 25.1 Å². The van der Waals surface area contributed by atoms with Gasteiger partial charge in [0.2, 0.25) is 0 Å². The third-order valence-corrected chi connectivity index (χ3v) is 3.72. The molecule has 0 aliphatic rings. The molecule has 0 bridgehead atoms. The maximum atomic E-state index is 12.8. The van der Waals surface area contributed by atoms with E-state index in [0.29, 0.717) is 16.9 Å². The van der Waals surface area contributed by atoms with Crippen LogP contribution in [0, 0.1) is 0 Å². The number of hydrogen-bond donors (Lipinski definition) is 2. The highest BCUT2D eigenvalue weighted by Crippen LogP contribution is 2.16. The lowest BCUT2D eigenvalue weighted by atomic mass is 10.1. The van der Waals surface area contributed by atoms with Crippen LogP contribution in [0.3, 0.4) is 0 Å². The van der Waals surface area contributed by atoms with Gasteiger partial charge in [0.05, 0.1) is 24.7 Å². The number of aryl methyl sites for hydroxylation is 1. The molecule has 0 aliphatic heterocycles. The van der Waals surface area contributed by atoms with Gasteiger partial charge in [0.25, 0.3) is 11.5 Å². The van der Waals surface area contributed by atoms with Crippen molar-refractivity contribution in [1.29, 1.82) is 0 Å². The number of aliphatic hydroxyl groups is 1. The second kappa shape index (κ2) is 7.28. The molecular weight excluding hydrogens is 336 g/mol. The molecule has 0 saturated heterocycles. The summed E-state index contributed by atoms with van der Waals surface area (Å²) in [7, 11) is 1.72. The lowest BCUT2D eigenvalue weighted by Crippen LogP contribution is -2.39. The van der Waals surface area contributed by atoms with Crippen molar-refractivity contribution in [2.45, 2.75) is 13.0 Å². The lowest BCUT2D eigenvalue weighted by molar-refractivity contribution is 0.0920. The average molecular weight is 354 g/mol. The number of aliphatic hydroxyl groups excluding tert-OH is 1. The Hall–Kier alpha value is -3.33. The first kappa shape index (κ1) is 17.5. The molecule has 134 valence electrons. The van der Waals surface area contributed by atoms with Gasteiger partial charge in [-0.25, -0.2) is 0 Å². The summed E-state index contributed by atoms with van der Waals surface area (Å²) in [6.45, 7) is 1.41. The molecule has 0 unspecified atom stereocenters. The Morgan fingerprint density at radius 3 is 2.69 bits per heavy atom. The number of carbonyl (C=O) groups excluding carboxylic acids is 1. The molecule has 0 aliphatic carbocycles. The van der Waals surface area contributed by atoms with Crippen molar-refractivity contribution in [3.05, 3.63) is 58.9 Å². The molecular formula is C17H18N6O3. The highest BCUT2D eigenvalue weighted by Gasteiger charge is 2.19. The number of aromatic nitrogens is 5. The van der Waals surface area contributed by atoms with Gasteiger partial charge >= 0.3 is 0 Å². The van der Waals surface area contributed by atoms with Crippen molar-refractivity contribution in [3.63, 3.8) is 0 Å². The van der Waals surface area contributed by atoms with Gasteiger partial charge < -0.3 is 10.4 Å². The van der Waals surface area contributed by atoms with Gasteiger partial charge in [0.15, 0.2) is 0 Å². The third kappa shape index (κ3) is 3.52. The molecule has 26 heavy (non-hydrogen) atoms. The van der Waals surface area contributed by atoms with Crippen LogP contribution < -0.4 is 10.9 Å². The summed E-state index contributed by atoms with van der Waals surface area (Å²) in [5.41, 5.74) is 0.951. The van der Waals surface area contributed by atoms with Crippen LogP contribution in [0.1, 0.15) is 17.3 Å². The van der Waals surface area contributed by atoms with E-state index in [1.54, 1.807) is 44.7 Å². The largest absolute Gasteiger partial charge is 0.394 e. The zero-order valence-corrected chi connectivity index (χ0v) is 14.3. The van der Waals surface area contributed by atoms with E-state index in [4.69, 9.17) is 5.11 Å². The Labute approximate surface area is 148 Å². The van der Waals surface area contributed by atoms with Crippen LogP contribution in [0.2, 0.25) is 0 Å². The van der Waals surface area contributed by atoms with Gasteiger partial charge in [-0.3, -0.25) is 19.3 Å². The maximum absolute atomic E-state index is 12.8. The minimum atomic E-state index is -0.577. The van der Waals surface area contributed by atoms with Crippen LogP contribution in [0.25, 0.3) is 16.9 Å². The molecule has 0 aromatic carbocycles. The van der Waals surface area contributed by atoms with Crippen LogP contribution in [0.4, 0.5) is 0 Å². The first-order chi connectivity index (χ1) is 12.5. The highest BCUT2D eigenvalue weighted by atomic mass is 16.3. The maximum Gasteiger partial charge on any atom is 0.284 e. The van der Waals surface area contributed by atoms with Crippen molar-refractivity contribution in [3.8, 4) is 16.9 Å². The van der Waals surface area contributed by atoms with Crippen molar-refractivity contribution in [2.24, 2.45) is 7.05 Å². The summed E-state index contributed by atoms with van der Waals surface area (Å²) < 4.78 is 2.68. The van der Waals surface area contributed by atoms with E-state index >= 15 is 0 Å². The zero-order valence-electron chi connectivity index (χ0n) is 14.3. The summed E-state index contributed by atoms with van der Waals surface area (Å²) in [5.74, 6) is -0.577. The third-order valence-electron chi connectivity index (χ3n) is 3.72. The standard InChI is InChI=1S/C17H18N6O3/c1-11(10-24)20-16(25)14-7-15(12-3-5-18-6-4-12)21-23(17(14)26)13-8-19-22(2)9-13/h3-9,11,24H,10H2,1-2H3,(H,20,25)/t11-/m0/s1. The topological polar surface area (TPSA) is 115 Å². The van der Waals surface area contributed by atoms with Gasteiger partial charge in [0, 0.05) is 31.0 Å². The molecule has 9 heteroatoms. The molecule has 2 N–H and O–H groups in total. The fraction of sp³-hybridized carbons (Fsp3) is 0.235. The summed E-state index contributed by atoms with van der Waals surface area (Å²) in [6, 6.07) is 4.42. The average Bonchev–Trinajstić information content (AvgIpc) is 3.08. The minimum Gasteiger partial charge on any atom is -0.394 e. The van der Waals surface area contributed by atoms with Crippen molar-refractivity contribution in [1.82, 2.24) is 29.9 Å². The number of amides is 1. The summed E-state index contributed by atoms with van der Waals surface area (Å²) in [4.78, 5) is 29.3.